The summed E-state index contributed by atoms with van der Waals surface area (Å²) in [4.78, 5) is 5.81. The van der Waals surface area contributed by atoms with E-state index in [4.69, 9.17) is 4.99 Å². The highest BCUT2D eigenvalue weighted by molar-refractivity contribution is 7.25. The van der Waals surface area contributed by atoms with E-state index in [2.05, 4.69) is 191 Å². The van der Waals surface area contributed by atoms with Crippen molar-refractivity contribution < 1.29 is 0 Å². The summed E-state index contributed by atoms with van der Waals surface area (Å²) < 4.78 is 7.70. The third-order valence-electron chi connectivity index (χ3n) is 13.0. The molecular weight excluding hydrogens is 735 g/mol. The van der Waals surface area contributed by atoms with Gasteiger partial charge in [0.25, 0.3) is 0 Å². The minimum atomic E-state index is 0.0732. The lowest BCUT2D eigenvalue weighted by Crippen LogP contribution is -2.22. The SMILES string of the molecule is c1ccc2c(c1)CCCC(c1ccc3c(c1)sc1ccccc13)C(n1c3cc(-n4c5ccccc5c5ccc6ccccc6c54)ccc3c3c4ccccc4ccc31)=N2. The van der Waals surface area contributed by atoms with Crippen LogP contribution in [0.5, 0.6) is 0 Å². The van der Waals surface area contributed by atoms with E-state index < -0.39 is 0 Å². The van der Waals surface area contributed by atoms with E-state index in [1.165, 1.54) is 96.5 Å². The molecule has 0 fully saturated rings. The summed E-state index contributed by atoms with van der Waals surface area (Å²) in [5.74, 6) is 1.15. The van der Waals surface area contributed by atoms with Crippen molar-refractivity contribution in [3.63, 3.8) is 0 Å². The van der Waals surface area contributed by atoms with Crippen molar-refractivity contribution >= 4 is 108 Å². The first-order chi connectivity index (χ1) is 29.3. The van der Waals surface area contributed by atoms with Crippen LogP contribution in [0.1, 0.15) is 29.9 Å². The van der Waals surface area contributed by atoms with Crippen LogP contribution in [0.25, 0.3) is 91.0 Å². The molecule has 59 heavy (non-hydrogen) atoms. The van der Waals surface area contributed by atoms with Gasteiger partial charge in [-0.05, 0) is 89.0 Å². The van der Waals surface area contributed by atoms with Gasteiger partial charge in [-0.2, -0.15) is 0 Å². The first-order valence-electron chi connectivity index (χ1n) is 20.7. The quantitative estimate of drug-likeness (QED) is 0.167. The second kappa shape index (κ2) is 12.7. The molecular formula is C55H37N3S. The van der Waals surface area contributed by atoms with Gasteiger partial charge in [0.05, 0.1) is 27.8 Å². The standard InChI is InChI=1S/C55H37N3S/c1-4-16-39-34(12-1)26-31-49-53(39)46-30-27-38(57-48-22-9-6-18-42(48)45-29-24-35-13-2-5-17-40(35)54(45)57)33-50(46)58(49)55-41(20-11-15-36-14-3-8-21-47(36)56-55)37-25-28-44-43-19-7-10-23-51(43)59-52(44)32-37/h1-10,12-14,16-19,21-33,41H,11,15,20H2. The van der Waals surface area contributed by atoms with Gasteiger partial charge in [0, 0.05) is 58.7 Å². The Morgan fingerprint density at radius 1 is 0.475 bits per heavy atom. The molecule has 0 amide bonds. The van der Waals surface area contributed by atoms with E-state index in [0.29, 0.717) is 0 Å². The molecule has 4 heterocycles. The van der Waals surface area contributed by atoms with Crippen molar-refractivity contribution in [2.24, 2.45) is 4.99 Å². The van der Waals surface area contributed by atoms with Crippen LogP contribution in [0.15, 0.2) is 187 Å². The molecule has 3 aromatic heterocycles. The largest absolute Gasteiger partial charge is 0.309 e. The predicted octanol–water partition coefficient (Wildman–Crippen LogP) is 15.3. The minimum Gasteiger partial charge on any atom is -0.309 e. The third-order valence-corrected chi connectivity index (χ3v) is 14.1. The lowest BCUT2D eigenvalue weighted by molar-refractivity contribution is 0.682. The molecule has 0 saturated heterocycles. The van der Waals surface area contributed by atoms with Crippen molar-refractivity contribution in [1.29, 1.82) is 0 Å². The average Bonchev–Trinajstić information content (AvgIpc) is 3.94. The Labute approximate surface area is 344 Å². The summed E-state index contributed by atoms with van der Waals surface area (Å²) in [5, 5.41) is 12.7. The zero-order valence-electron chi connectivity index (χ0n) is 32.3. The van der Waals surface area contributed by atoms with Crippen LogP contribution in [-0.2, 0) is 6.42 Å². The number of rotatable bonds is 2. The molecule has 9 aromatic carbocycles. The molecule has 0 N–H and O–H groups in total. The van der Waals surface area contributed by atoms with E-state index in [-0.39, 0.29) is 5.92 Å². The van der Waals surface area contributed by atoms with Gasteiger partial charge in [-0.1, -0.05) is 140 Å². The van der Waals surface area contributed by atoms with Crippen LogP contribution in [0, 0.1) is 0 Å². The Hall–Kier alpha value is -7.01. The lowest BCUT2D eigenvalue weighted by atomic mass is 9.89. The Morgan fingerprint density at radius 3 is 2.08 bits per heavy atom. The van der Waals surface area contributed by atoms with Crippen molar-refractivity contribution in [3.8, 4) is 5.69 Å². The molecule has 3 nitrogen and oxygen atoms in total. The highest BCUT2D eigenvalue weighted by Crippen LogP contribution is 2.43. The predicted molar refractivity (Wildman–Crippen MR) is 253 cm³/mol. The van der Waals surface area contributed by atoms with Crippen molar-refractivity contribution in [2.75, 3.05) is 0 Å². The fourth-order valence-corrected chi connectivity index (χ4v) is 11.5. The van der Waals surface area contributed by atoms with Gasteiger partial charge in [-0.25, -0.2) is 4.99 Å². The van der Waals surface area contributed by atoms with Crippen LogP contribution >= 0.6 is 11.3 Å². The molecule has 13 rings (SSSR count). The highest BCUT2D eigenvalue weighted by Gasteiger charge is 2.28. The zero-order valence-corrected chi connectivity index (χ0v) is 33.1. The molecule has 0 saturated carbocycles. The van der Waals surface area contributed by atoms with Crippen molar-refractivity contribution in [3.05, 3.63) is 193 Å². The molecule has 0 aliphatic carbocycles. The average molecular weight is 772 g/mol. The van der Waals surface area contributed by atoms with Gasteiger partial charge in [0.15, 0.2) is 0 Å². The molecule has 1 unspecified atom stereocenters. The molecule has 278 valence electrons. The normalized spacial score (nSPS) is 14.8. The second-order valence-corrected chi connectivity index (χ2v) is 17.2. The first-order valence-corrected chi connectivity index (χ1v) is 21.5. The Kier molecular flexibility index (Phi) is 7.13. The van der Waals surface area contributed by atoms with Crippen LogP contribution in [0.4, 0.5) is 5.69 Å². The number of benzene rings is 9. The number of aromatic nitrogens is 2. The summed E-state index contributed by atoms with van der Waals surface area (Å²) >= 11 is 1.90. The molecule has 0 radical (unpaired) electrons. The second-order valence-electron chi connectivity index (χ2n) is 16.2. The summed E-state index contributed by atoms with van der Waals surface area (Å²) in [6, 6.07) is 67.7. The summed E-state index contributed by atoms with van der Waals surface area (Å²) in [6.45, 7) is 0. The first kappa shape index (κ1) is 33.0. The molecule has 0 spiro atoms. The molecule has 0 bridgehead atoms. The molecule has 1 atom stereocenters. The number of nitrogens with zero attached hydrogens (tertiary/aromatic N) is 3. The third kappa shape index (κ3) is 4.90. The fourth-order valence-electron chi connectivity index (χ4n) is 10.3. The van der Waals surface area contributed by atoms with Gasteiger partial charge >= 0.3 is 0 Å². The molecule has 1 aliphatic rings. The number of para-hydroxylation sites is 2. The van der Waals surface area contributed by atoms with E-state index in [9.17, 15) is 0 Å². The van der Waals surface area contributed by atoms with E-state index in [1.807, 2.05) is 11.3 Å². The maximum atomic E-state index is 5.81. The van der Waals surface area contributed by atoms with E-state index >= 15 is 0 Å². The fraction of sp³-hybridized carbons (Fsp3) is 0.0727. The van der Waals surface area contributed by atoms with Crippen LogP contribution in [-0.4, -0.2) is 15.0 Å². The van der Waals surface area contributed by atoms with Crippen LogP contribution in [0.2, 0.25) is 0 Å². The number of hydrogen-bond donors (Lipinski definition) is 0. The number of fused-ring (bicyclic) bond motifs is 14. The molecule has 1 aliphatic heterocycles. The summed E-state index contributed by atoms with van der Waals surface area (Å²) in [5.41, 5.74) is 9.65. The van der Waals surface area contributed by atoms with Gasteiger partial charge in [-0.3, -0.25) is 4.57 Å². The molecule has 12 aromatic rings. The summed E-state index contributed by atoms with van der Waals surface area (Å²) in [6.07, 6.45) is 3.08. The smallest absolute Gasteiger partial charge is 0.121 e. The lowest BCUT2D eigenvalue weighted by Gasteiger charge is -2.25. The Morgan fingerprint density at radius 2 is 1.17 bits per heavy atom. The van der Waals surface area contributed by atoms with Crippen LogP contribution in [0.3, 0.4) is 0 Å². The Balaban J connectivity index is 1.15. The maximum Gasteiger partial charge on any atom is 0.121 e. The zero-order chi connectivity index (χ0) is 38.6. The minimum absolute atomic E-state index is 0.0732. The van der Waals surface area contributed by atoms with E-state index in [1.54, 1.807) is 0 Å². The number of aliphatic imine (C=N–C) groups is 1. The topological polar surface area (TPSA) is 22.2 Å². The molecule has 4 heteroatoms. The van der Waals surface area contributed by atoms with Gasteiger partial charge in [0.1, 0.15) is 5.84 Å². The van der Waals surface area contributed by atoms with E-state index in [0.717, 1.165) is 36.5 Å². The van der Waals surface area contributed by atoms with Crippen molar-refractivity contribution in [1.82, 2.24) is 9.13 Å². The maximum absolute atomic E-state index is 5.81. The number of aryl methyl sites for hydroxylation is 1. The monoisotopic (exact) mass is 771 g/mol. The number of thiophene rings is 1. The summed E-state index contributed by atoms with van der Waals surface area (Å²) in [7, 11) is 0. The van der Waals surface area contributed by atoms with Gasteiger partial charge in [-0.15, -0.1) is 11.3 Å². The van der Waals surface area contributed by atoms with Crippen LogP contribution < -0.4 is 0 Å². The number of hydrogen-bond acceptors (Lipinski definition) is 2. The van der Waals surface area contributed by atoms with Gasteiger partial charge in [0.2, 0.25) is 0 Å². The highest BCUT2D eigenvalue weighted by atomic mass is 32.1. The Bertz CT molecular complexity index is 3730. The van der Waals surface area contributed by atoms with Crippen molar-refractivity contribution in [2.45, 2.75) is 25.2 Å². The van der Waals surface area contributed by atoms with Gasteiger partial charge < -0.3 is 4.57 Å².